The Hall–Kier alpha value is -2.42. The third-order valence-corrected chi connectivity index (χ3v) is 3.72. The zero-order chi connectivity index (χ0) is 20.4. The fraction of sp³-hybridized carbons (Fsp3) is 0.333. The van der Waals surface area contributed by atoms with Crippen LogP contribution in [0.25, 0.3) is 0 Å². The molecule has 0 saturated carbocycles. The standard InChI is InChI=1S/C18H17F6NO2/c1-11-10-14(27-18(22,23)24)8-9-15(11)16(25(2)3)12-4-6-13(7-5-12)26-17(19,20)21/h4-10,16H,1-3H3/t16-/m0/s1. The van der Waals surface area contributed by atoms with E-state index in [1.807, 2.05) is 0 Å². The van der Waals surface area contributed by atoms with Crippen molar-refractivity contribution in [2.45, 2.75) is 25.7 Å². The van der Waals surface area contributed by atoms with E-state index in [-0.39, 0.29) is 17.5 Å². The number of nitrogens with zero attached hydrogens (tertiary/aromatic N) is 1. The average Bonchev–Trinajstić information content (AvgIpc) is 2.48. The maximum absolute atomic E-state index is 12.4. The highest BCUT2D eigenvalue weighted by Gasteiger charge is 2.32. The molecule has 0 radical (unpaired) electrons. The third kappa shape index (κ3) is 6.06. The molecule has 0 fully saturated rings. The van der Waals surface area contributed by atoms with Gasteiger partial charge in [0.2, 0.25) is 0 Å². The van der Waals surface area contributed by atoms with Crippen LogP contribution in [-0.2, 0) is 0 Å². The molecule has 0 N–H and O–H groups in total. The Morgan fingerprint density at radius 1 is 0.778 bits per heavy atom. The lowest BCUT2D eigenvalue weighted by Gasteiger charge is -2.27. The van der Waals surface area contributed by atoms with Crippen LogP contribution in [0.3, 0.4) is 0 Å². The van der Waals surface area contributed by atoms with Crippen molar-refractivity contribution in [1.29, 1.82) is 0 Å². The minimum Gasteiger partial charge on any atom is -0.406 e. The van der Waals surface area contributed by atoms with Crippen LogP contribution >= 0.6 is 0 Å². The summed E-state index contributed by atoms with van der Waals surface area (Å²) in [6.07, 6.45) is -9.57. The van der Waals surface area contributed by atoms with Crippen LogP contribution in [0, 0.1) is 6.92 Å². The second kappa shape index (κ2) is 7.67. The smallest absolute Gasteiger partial charge is 0.406 e. The van der Waals surface area contributed by atoms with Gasteiger partial charge in [-0.2, -0.15) is 0 Å². The monoisotopic (exact) mass is 393 g/mol. The molecule has 0 unspecified atom stereocenters. The molecule has 0 aliphatic rings. The van der Waals surface area contributed by atoms with Crippen LogP contribution in [0.5, 0.6) is 11.5 Å². The molecule has 0 saturated heterocycles. The summed E-state index contributed by atoms with van der Waals surface area (Å²) >= 11 is 0. The third-order valence-electron chi connectivity index (χ3n) is 3.72. The molecule has 2 aromatic carbocycles. The molecule has 1 atom stereocenters. The number of alkyl halides is 6. The molecule has 2 rings (SSSR count). The molecule has 0 spiro atoms. The van der Waals surface area contributed by atoms with Crippen LogP contribution in [0.4, 0.5) is 26.3 Å². The maximum Gasteiger partial charge on any atom is 0.573 e. The van der Waals surface area contributed by atoms with E-state index < -0.39 is 12.7 Å². The van der Waals surface area contributed by atoms with Crippen molar-refractivity contribution in [3.63, 3.8) is 0 Å². The van der Waals surface area contributed by atoms with Gasteiger partial charge in [0.15, 0.2) is 0 Å². The highest BCUT2D eigenvalue weighted by atomic mass is 19.4. The fourth-order valence-corrected chi connectivity index (χ4v) is 2.76. The van der Waals surface area contributed by atoms with Gasteiger partial charge < -0.3 is 9.47 Å². The lowest BCUT2D eigenvalue weighted by atomic mass is 9.94. The van der Waals surface area contributed by atoms with Gasteiger partial charge in [-0.05, 0) is 62.0 Å². The summed E-state index contributed by atoms with van der Waals surface area (Å²) in [5.41, 5.74) is 1.90. The second-order valence-corrected chi connectivity index (χ2v) is 6.05. The summed E-state index contributed by atoms with van der Waals surface area (Å²) in [6, 6.07) is 8.92. The first-order valence-electron chi connectivity index (χ1n) is 7.74. The number of hydrogen-bond donors (Lipinski definition) is 0. The fourth-order valence-electron chi connectivity index (χ4n) is 2.76. The van der Waals surface area contributed by atoms with Crippen LogP contribution in [0.1, 0.15) is 22.7 Å². The number of benzene rings is 2. The van der Waals surface area contributed by atoms with Crippen molar-refractivity contribution in [2.24, 2.45) is 0 Å². The van der Waals surface area contributed by atoms with E-state index in [0.29, 0.717) is 16.7 Å². The van der Waals surface area contributed by atoms with E-state index in [2.05, 4.69) is 9.47 Å². The van der Waals surface area contributed by atoms with Crippen molar-refractivity contribution in [3.05, 3.63) is 59.2 Å². The normalized spacial score (nSPS) is 13.6. The van der Waals surface area contributed by atoms with E-state index in [9.17, 15) is 26.3 Å². The van der Waals surface area contributed by atoms with E-state index in [1.165, 1.54) is 42.5 Å². The summed E-state index contributed by atoms with van der Waals surface area (Å²) < 4.78 is 81.7. The molecular weight excluding hydrogens is 376 g/mol. The Balaban J connectivity index is 2.32. The molecule has 0 bridgehead atoms. The molecule has 0 heterocycles. The number of halogens is 6. The Morgan fingerprint density at radius 2 is 1.26 bits per heavy atom. The highest BCUT2D eigenvalue weighted by Crippen LogP contribution is 2.34. The Morgan fingerprint density at radius 3 is 1.70 bits per heavy atom. The van der Waals surface area contributed by atoms with E-state index in [4.69, 9.17) is 0 Å². The molecule has 0 aliphatic carbocycles. The second-order valence-electron chi connectivity index (χ2n) is 6.05. The molecule has 0 aromatic heterocycles. The predicted molar refractivity (Wildman–Crippen MR) is 86.5 cm³/mol. The van der Waals surface area contributed by atoms with Gasteiger partial charge in [-0.25, -0.2) is 0 Å². The molecular formula is C18H17F6NO2. The van der Waals surface area contributed by atoms with Crippen molar-refractivity contribution in [2.75, 3.05) is 14.1 Å². The van der Waals surface area contributed by atoms with Gasteiger partial charge >= 0.3 is 12.7 Å². The molecule has 0 amide bonds. The molecule has 3 nitrogen and oxygen atoms in total. The summed E-state index contributed by atoms with van der Waals surface area (Å²) in [5, 5.41) is 0. The summed E-state index contributed by atoms with van der Waals surface area (Å²) in [5.74, 6) is -0.690. The SMILES string of the molecule is Cc1cc(OC(F)(F)F)ccc1[C@H](c1ccc(OC(F)(F)F)cc1)N(C)C. The van der Waals surface area contributed by atoms with Crippen molar-refractivity contribution >= 4 is 0 Å². The first-order chi connectivity index (χ1) is 12.4. The molecule has 0 aliphatic heterocycles. The van der Waals surface area contributed by atoms with E-state index in [0.717, 1.165) is 0 Å². The molecule has 2 aromatic rings. The number of rotatable bonds is 5. The lowest BCUT2D eigenvalue weighted by molar-refractivity contribution is -0.275. The predicted octanol–water partition coefficient (Wildman–Crippen LogP) is 5.44. The van der Waals surface area contributed by atoms with Gasteiger partial charge in [0, 0.05) is 0 Å². The van der Waals surface area contributed by atoms with Gasteiger partial charge in [0.05, 0.1) is 6.04 Å². The summed E-state index contributed by atoms with van der Waals surface area (Å²) in [4.78, 5) is 1.80. The largest absolute Gasteiger partial charge is 0.573 e. The van der Waals surface area contributed by atoms with Gasteiger partial charge in [-0.15, -0.1) is 26.3 Å². The number of aryl methyl sites for hydroxylation is 1. The molecule has 148 valence electrons. The Kier molecular flexibility index (Phi) is 5.94. The van der Waals surface area contributed by atoms with Gasteiger partial charge in [0.25, 0.3) is 0 Å². The summed E-state index contributed by atoms with van der Waals surface area (Å²) in [7, 11) is 3.51. The van der Waals surface area contributed by atoms with Crippen LogP contribution in [0.15, 0.2) is 42.5 Å². The average molecular weight is 393 g/mol. The minimum atomic E-state index is -4.79. The first kappa shape index (κ1) is 20.9. The van der Waals surface area contributed by atoms with Gasteiger partial charge in [-0.1, -0.05) is 18.2 Å². The number of ether oxygens (including phenoxy) is 2. The topological polar surface area (TPSA) is 21.7 Å². The first-order valence-corrected chi connectivity index (χ1v) is 7.74. The van der Waals surface area contributed by atoms with Crippen LogP contribution < -0.4 is 9.47 Å². The van der Waals surface area contributed by atoms with Crippen molar-refractivity contribution in [3.8, 4) is 11.5 Å². The Labute approximate surface area is 152 Å². The zero-order valence-corrected chi connectivity index (χ0v) is 14.7. The van der Waals surface area contributed by atoms with Crippen molar-refractivity contribution < 1.29 is 35.8 Å². The minimum absolute atomic E-state index is 0.338. The van der Waals surface area contributed by atoms with E-state index >= 15 is 0 Å². The summed E-state index contributed by atoms with van der Waals surface area (Å²) in [6.45, 7) is 1.64. The molecule has 27 heavy (non-hydrogen) atoms. The quantitative estimate of drug-likeness (QED) is 0.631. The maximum atomic E-state index is 12.4. The lowest BCUT2D eigenvalue weighted by Crippen LogP contribution is -2.22. The van der Waals surface area contributed by atoms with Crippen LogP contribution in [-0.4, -0.2) is 31.7 Å². The highest BCUT2D eigenvalue weighted by molar-refractivity contribution is 5.42. The van der Waals surface area contributed by atoms with E-state index in [1.54, 1.807) is 25.9 Å². The van der Waals surface area contributed by atoms with Crippen molar-refractivity contribution in [1.82, 2.24) is 4.90 Å². The zero-order valence-electron chi connectivity index (χ0n) is 14.7. The van der Waals surface area contributed by atoms with Gasteiger partial charge in [-0.3, -0.25) is 4.90 Å². The van der Waals surface area contributed by atoms with Gasteiger partial charge in [0.1, 0.15) is 11.5 Å². The number of hydrogen-bond acceptors (Lipinski definition) is 3. The Bertz CT molecular complexity index is 769. The van der Waals surface area contributed by atoms with Crippen LogP contribution in [0.2, 0.25) is 0 Å². The molecule has 9 heteroatoms.